The highest BCUT2D eigenvalue weighted by molar-refractivity contribution is 6.05. The van der Waals surface area contributed by atoms with E-state index in [2.05, 4.69) is 21.4 Å². The van der Waals surface area contributed by atoms with Crippen molar-refractivity contribution >= 4 is 17.3 Å². The fourth-order valence-corrected chi connectivity index (χ4v) is 3.55. The van der Waals surface area contributed by atoms with Crippen LogP contribution in [0.25, 0.3) is 5.69 Å². The quantitative estimate of drug-likeness (QED) is 0.749. The smallest absolute Gasteiger partial charge is 0.255 e. The van der Waals surface area contributed by atoms with Crippen LogP contribution in [0.2, 0.25) is 0 Å². The molecule has 138 valence electrons. The van der Waals surface area contributed by atoms with E-state index in [1.165, 1.54) is 19.3 Å². The third-order valence-electron chi connectivity index (χ3n) is 5.09. The van der Waals surface area contributed by atoms with E-state index in [9.17, 15) is 4.79 Å². The first kappa shape index (κ1) is 17.3. The van der Waals surface area contributed by atoms with Crippen molar-refractivity contribution in [3.63, 3.8) is 0 Å². The molecular formula is C22H24N4O. The molecule has 0 radical (unpaired) electrons. The number of piperidine rings is 1. The first-order valence-electron chi connectivity index (χ1n) is 9.49. The highest BCUT2D eigenvalue weighted by atomic mass is 16.1. The number of anilines is 2. The lowest BCUT2D eigenvalue weighted by atomic mass is 10.1. The van der Waals surface area contributed by atoms with Crippen LogP contribution in [0, 0.1) is 6.92 Å². The maximum Gasteiger partial charge on any atom is 0.255 e. The first-order chi connectivity index (χ1) is 13.2. The van der Waals surface area contributed by atoms with E-state index >= 15 is 0 Å². The largest absolute Gasteiger partial charge is 0.372 e. The molecule has 2 aromatic carbocycles. The van der Waals surface area contributed by atoms with Crippen molar-refractivity contribution in [1.82, 2.24) is 9.78 Å². The Bertz CT molecular complexity index is 926. The van der Waals surface area contributed by atoms with Crippen molar-refractivity contribution in [1.29, 1.82) is 0 Å². The molecule has 0 aliphatic carbocycles. The predicted octanol–water partition coefficient (Wildman–Crippen LogP) is 4.42. The molecule has 4 rings (SSSR count). The van der Waals surface area contributed by atoms with Crippen LogP contribution in [-0.4, -0.2) is 28.8 Å². The normalized spacial score (nSPS) is 14.2. The summed E-state index contributed by atoms with van der Waals surface area (Å²) < 4.78 is 1.83. The summed E-state index contributed by atoms with van der Waals surface area (Å²) in [5.74, 6) is -0.107. The van der Waals surface area contributed by atoms with Crippen molar-refractivity contribution in [2.75, 3.05) is 23.3 Å². The first-order valence-corrected chi connectivity index (χ1v) is 9.49. The van der Waals surface area contributed by atoms with E-state index in [1.807, 2.05) is 60.1 Å². The van der Waals surface area contributed by atoms with Crippen LogP contribution in [0.1, 0.15) is 35.3 Å². The third-order valence-corrected chi connectivity index (χ3v) is 5.09. The molecule has 1 aliphatic heterocycles. The summed E-state index contributed by atoms with van der Waals surface area (Å²) in [4.78, 5) is 15.1. The minimum absolute atomic E-state index is 0.107. The van der Waals surface area contributed by atoms with Crippen molar-refractivity contribution in [3.05, 3.63) is 72.1 Å². The monoisotopic (exact) mass is 360 g/mol. The van der Waals surface area contributed by atoms with Gasteiger partial charge in [0, 0.05) is 24.3 Å². The van der Waals surface area contributed by atoms with Gasteiger partial charge in [0.25, 0.3) is 5.91 Å². The lowest BCUT2D eigenvalue weighted by molar-refractivity contribution is 0.102. The Hall–Kier alpha value is -3.08. The Morgan fingerprint density at radius 2 is 1.70 bits per heavy atom. The van der Waals surface area contributed by atoms with E-state index in [-0.39, 0.29) is 5.91 Å². The van der Waals surface area contributed by atoms with Crippen molar-refractivity contribution in [2.45, 2.75) is 26.2 Å². The van der Waals surface area contributed by atoms with E-state index in [0.717, 1.165) is 35.8 Å². The SMILES string of the molecule is Cc1c(NC(=O)c2cccc(N3CCCCC3)c2)cnn1-c1ccccc1. The number of hydrogen-bond donors (Lipinski definition) is 1. The number of carbonyl (C=O) groups is 1. The summed E-state index contributed by atoms with van der Waals surface area (Å²) in [5, 5.41) is 7.42. The van der Waals surface area contributed by atoms with Crippen LogP contribution < -0.4 is 10.2 Å². The van der Waals surface area contributed by atoms with Gasteiger partial charge in [0.05, 0.1) is 23.3 Å². The van der Waals surface area contributed by atoms with Crippen LogP contribution in [0.3, 0.4) is 0 Å². The second-order valence-electron chi connectivity index (χ2n) is 6.94. The average molecular weight is 360 g/mol. The summed E-state index contributed by atoms with van der Waals surface area (Å²) in [6.45, 7) is 4.09. The fourth-order valence-electron chi connectivity index (χ4n) is 3.55. The number of rotatable bonds is 4. The Morgan fingerprint density at radius 1 is 0.963 bits per heavy atom. The van der Waals surface area contributed by atoms with Crippen LogP contribution >= 0.6 is 0 Å². The minimum Gasteiger partial charge on any atom is -0.372 e. The number of hydrogen-bond acceptors (Lipinski definition) is 3. The molecule has 5 heteroatoms. The molecule has 0 saturated carbocycles. The van der Waals surface area contributed by atoms with E-state index in [1.54, 1.807) is 6.20 Å². The Labute approximate surface area is 159 Å². The lowest BCUT2D eigenvalue weighted by Crippen LogP contribution is -2.29. The highest BCUT2D eigenvalue weighted by Crippen LogP contribution is 2.23. The van der Waals surface area contributed by atoms with Crippen molar-refractivity contribution < 1.29 is 4.79 Å². The minimum atomic E-state index is -0.107. The molecule has 0 atom stereocenters. The van der Waals surface area contributed by atoms with Gasteiger partial charge >= 0.3 is 0 Å². The van der Waals surface area contributed by atoms with Crippen LogP contribution in [0.5, 0.6) is 0 Å². The number of nitrogens with zero attached hydrogens (tertiary/aromatic N) is 3. The van der Waals surface area contributed by atoms with E-state index < -0.39 is 0 Å². The summed E-state index contributed by atoms with van der Waals surface area (Å²) >= 11 is 0. The van der Waals surface area contributed by atoms with Gasteiger partial charge in [-0.3, -0.25) is 4.79 Å². The van der Waals surface area contributed by atoms with Crippen LogP contribution in [-0.2, 0) is 0 Å². The molecule has 3 aromatic rings. The molecule has 27 heavy (non-hydrogen) atoms. The van der Waals surface area contributed by atoms with Gasteiger partial charge in [0.15, 0.2) is 0 Å². The molecular weight excluding hydrogens is 336 g/mol. The molecule has 1 fully saturated rings. The Morgan fingerprint density at radius 3 is 2.48 bits per heavy atom. The van der Waals surface area contributed by atoms with Crippen LogP contribution in [0.15, 0.2) is 60.8 Å². The summed E-state index contributed by atoms with van der Waals surface area (Å²) in [5.41, 5.74) is 4.40. The third kappa shape index (κ3) is 3.72. The van der Waals surface area contributed by atoms with Crippen LogP contribution in [0.4, 0.5) is 11.4 Å². The number of aromatic nitrogens is 2. The molecule has 2 heterocycles. The number of carbonyl (C=O) groups excluding carboxylic acids is 1. The second-order valence-corrected chi connectivity index (χ2v) is 6.94. The van der Waals surface area contributed by atoms with Gasteiger partial charge < -0.3 is 10.2 Å². The van der Waals surface area contributed by atoms with E-state index in [0.29, 0.717) is 5.56 Å². The molecule has 1 N–H and O–H groups in total. The maximum atomic E-state index is 12.8. The zero-order chi connectivity index (χ0) is 18.6. The molecule has 0 spiro atoms. The standard InChI is InChI=1S/C22H24N4O/c1-17-21(16-23-26(17)19-10-4-2-5-11-19)24-22(27)18-9-8-12-20(15-18)25-13-6-3-7-14-25/h2,4-5,8-12,15-16H,3,6-7,13-14H2,1H3,(H,24,27). The second kappa shape index (κ2) is 7.66. The number of nitrogens with one attached hydrogen (secondary N) is 1. The maximum absolute atomic E-state index is 12.8. The van der Waals surface area contributed by atoms with E-state index in [4.69, 9.17) is 0 Å². The molecule has 0 bridgehead atoms. The van der Waals surface area contributed by atoms with Crippen molar-refractivity contribution in [2.24, 2.45) is 0 Å². The van der Waals surface area contributed by atoms with Gasteiger partial charge in [0.1, 0.15) is 0 Å². The zero-order valence-corrected chi connectivity index (χ0v) is 15.6. The van der Waals surface area contributed by atoms with Gasteiger partial charge in [-0.05, 0) is 56.5 Å². The highest BCUT2D eigenvalue weighted by Gasteiger charge is 2.15. The van der Waals surface area contributed by atoms with Gasteiger partial charge in [-0.15, -0.1) is 0 Å². The Kier molecular flexibility index (Phi) is 4.92. The summed E-state index contributed by atoms with van der Waals surface area (Å²) in [7, 11) is 0. The van der Waals surface area contributed by atoms with Gasteiger partial charge in [-0.1, -0.05) is 24.3 Å². The molecule has 1 saturated heterocycles. The summed E-state index contributed by atoms with van der Waals surface area (Å²) in [6, 6.07) is 17.8. The molecule has 5 nitrogen and oxygen atoms in total. The zero-order valence-electron chi connectivity index (χ0n) is 15.6. The fraction of sp³-hybridized carbons (Fsp3) is 0.273. The van der Waals surface area contributed by atoms with Crippen molar-refractivity contribution in [3.8, 4) is 5.69 Å². The molecule has 1 aromatic heterocycles. The van der Waals surface area contributed by atoms with Gasteiger partial charge in [0.2, 0.25) is 0 Å². The number of amides is 1. The average Bonchev–Trinajstić information content (AvgIpc) is 3.09. The number of benzene rings is 2. The predicted molar refractivity (Wildman–Crippen MR) is 109 cm³/mol. The lowest BCUT2D eigenvalue weighted by Gasteiger charge is -2.29. The number of para-hydroxylation sites is 1. The van der Waals surface area contributed by atoms with Gasteiger partial charge in [-0.2, -0.15) is 5.10 Å². The molecule has 1 aliphatic rings. The molecule has 0 unspecified atom stereocenters. The van der Waals surface area contributed by atoms with Gasteiger partial charge in [-0.25, -0.2) is 4.68 Å². The topological polar surface area (TPSA) is 50.2 Å². The Balaban J connectivity index is 1.52. The molecule has 1 amide bonds. The summed E-state index contributed by atoms with van der Waals surface area (Å²) in [6.07, 6.45) is 5.43.